The van der Waals surface area contributed by atoms with Crippen molar-refractivity contribution in [2.24, 2.45) is 0 Å². The van der Waals surface area contributed by atoms with Crippen LogP contribution in [0.4, 0.5) is 13.2 Å². The first kappa shape index (κ1) is 16.5. The number of halogens is 3. The summed E-state index contributed by atoms with van der Waals surface area (Å²) in [4.78, 5) is 22.4. The molecule has 1 aromatic rings. The Balaban J connectivity index is 2.92. The Morgan fingerprint density at radius 3 is 2.57 bits per heavy atom. The standard InChI is InChI=1S/C13H11F3O5/c1-2-20-12(19)11(18)7-10(17)8-4-3-5-9(6-8)21-13(14,15)16/h3-7,17H,2H2,1H3. The molecule has 0 aliphatic carbocycles. The average Bonchev–Trinajstić information content (AvgIpc) is 2.37. The molecule has 0 saturated heterocycles. The monoisotopic (exact) mass is 304 g/mol. The van der Waals surface area contributed by atoms with Crippen LogP contribution in [-0.4, -0.2) is 29.8 Å². The molecular weight excluding hydrogens is 293 g/mol. The highest BCUT2D eigenvalue weighted by Crippen LogP contribution is 2.25. The van der Waals surface area contributed by atoms with E-state index < -0.39 is 29.6 Å². The van der Waals surface area contributed by atoms with Gasteiger partial charge in [-0.3, -0.25) is 4.79 Å². The number of esters is 1. The third-order valence-electron chi connectivity index (χ3n) is 2.11. The molecule has 1 rings (SSSR count). The predicted molar refractivity (Wildman–Crippen MR) is 65.4 cm³/mol. The molecule has 1 N–H and O–H groups in total. The first-order valence-electron chi connectivity index (χ1n) is 5.71. The van der Waals surface area contributed by atoms with Crippen molar-refractivity contribution in [2.75, 3.05) is 6.61 Å². The van der Waals surface area contributed by atoms with E-state index in [1.165, 1.54) is 19.1 Å². The normalized spacial score (nSPS) is 11.9. The van der Waals surface area contributed by atoms with Crippen LogP contribution in [-0.2, 0) is 14.3 Å². The van der Waals surface area contributed by atoms with Gasteiger partial charge in [-0.05, 0) is 19.1 Å². The van der Waals surface area contributed by atoms with Crippen molar-refractivity contribution < 1.29 is 37.3 Å². The molecule has 0 radical (unpaired) electrons. The van der Waals surface area contributed by atoms with Crippen LogP contribution in [0.15, 0.2) is 30.3 Å². The molecule has 5 nitrogen and oxygen atoms in total. The molecule has 0 aromatic heterocycles. The summed E-state index contributed by atoms with van der Waals surface area (Å²) >= 11 is 0. The van der Waals surface area contributed by atoms with Gasteiger partial charge >= 0.3 is 12.3 Å². The Hall–Kier alpha value is -2.51. The van der Waals surface area contributed by atoms with Gasteiger partial charge in [0.1, 0.15) is 11.5 Å². The minimum Gasteiger partial charge on any atom is -0.507 e. The zero-order chi connectivity index (χ0) is 16.0. The molecule has 0 amide bonds. The SMILES string of the molecule is CCOC(=O)C(=O)C=C(O)c1cccc(OC(F)(F)F)c1. The molecule has 0 fully saturated rings. The number of carbonyl (C=O) groups excluding carboxylic acids is 2. The lowest BCUT2D eigenvalue weighted by Gasteiger charge is -2.09. The van der Waals surface area contributed by atoms with Crippen LogP contribution in [0, 0.1) is 0 Å². The number of hydrogen-bond acceptors (Lipinski definition) is 5. The lowest BCUT2D eigenvalue weighted by molar-refractivity contribution is -0.274. The van der Waals surface area contributed by atoms with E-state index in [1.54, 1.807) is 0 Å². The third-order valence-corrected chi connectivity index (χ3v) is 2.11. The number of ketones is 1. The molecule has 0 atom stereocenters. The first-order valence-corrected chi connectivity index (χ1v) is 5.71. The highest BCUT2D eigenvalue weighted by Gasteiger charge is 2.31. The van der Waals surface area contributed by atoms with Crippen molar-refractivity contribution >= 4 is 17.5 Å². The summed E-state index contributed by atoms with van der Waals surface area (Å²) in [5, 5.41) is 9.63. The predicted octanol–water partition coefficient (Wildman–Crippen LogP) is 2.62. The molecule has 1 aromatic carbocycles. The van der Waals surface area contributed by atoms with Gasteiger partial charge in [-0.2, -0.15) is 0 Å². The summed E-state index contributed by atoms with van der Waals surface area (Å²) in [6, 6.07) is 4.33. The Morgan fingerprint density at radius 2 is 2.00 bits per heavy atom. The molecule has 114 valence electrons. The second-order valence-electron chi connectivity index (χ2n) is 3.69. The number of aliphatic hydroxyl groups is 1. The van der Waals surface area contributed by atoms with Crippen molar-refractivity contribution in [3.05, 3.63) is 35.9 Å². The van der Waals surface area contributed by atoms with Crippen LogP contribution < -0.4 is 4.74 Å². The molecule has 0 aliphatic heterocycles. The van der Waals surface area contributed by atoms with Crippen LogP contribution in [0.25, 0.3) is 5.76 Å². The molecular formula is C13H11F3O5. The molecule has 0 saturated carbocycles. The Kier molecular flexibility index (Phi) is 5.34. The number of hydrogen-bond donors (Lipinski definition) is 1. The van der Waals surface area contributed by atoms with Gasteiger partial charge in [-0.15, -0.1) is 13.2 Å². The van der Waals surface area contributed by atoms with E-state index in [4.69, 9.17) is 0 Å². The van der Waals surface area contributed by atoms with Gasteiger partial charge in [-0.25, -0.2) is 4.79 Å². The number of alkyl halides is 3. The van der Waals surface area contributed by atoms with Crippen molar-refractivity contribution in [1.29, 1.82) is 0 Å². The van der Waals surface area contributed by atoms with Gasteiger partial charge in [0.15, 0.2) is 0 Å². The number of ether oxygens (including phenoxy) is 2. The Labute approximate surface area is 117 Å². The highest BCUT2D eigenvalue weighted by molar-refractivity contribution is 6.39. The zero-order valence-electron chi connectivity index (χ0n) is 10.8. The second-order valence-corrected chi connectivity index (χ2v) is 3.69. The van der Waals surface area contributed by atoms with Gasteiger partial charge in [0.2, 0.25) is 0 Å². The van der Waals surface area contributed by atoms with Gasteiger partial charge < -0.3 is 14.6 Å². The van der Waals surface area contributed by atoms with Gasteiger partial charge in [0.05, 0.1) is 6.61 Å². The minimum atomic E-state index is -4.88. The summed E-state index contributed by atoms with van der Waals surface area (Å²) in [7, 11) is 0. The van der Waals surface area contributed by atoms with Crippen LogP contribution in [0.5, 0.6) is 5.75 Å². The maximum atomic E-state index is 12.1. The number of carbonyl (C=O) groups is 2. The minimum absolute atomic E-state index is 0.0198. The zero-order valence-corrected chi connectivity index (χ0v) is 10.8. The molecule has 21 heavy (non-hydrogen) atoms. The molecule has 0 aliphatic rings. The van der Waals surface area contributed by atoms with Gasteiger partial charge in [-0.1, -0.05) is 12.1 Å². The van der Waals surface area contributed by atoms with Crippen molar-refractivity contribution in [3.8, 4) is 5.75 Å². The largest absolute Gasteiger partial charge is 0.573 e. The highest BCUT2D eigenvalue weighted by atomic mass is 19.4. The Morgan fingerprint density at radius 1 is 1.33 bits per heavy atom. The van der Waals surface area contributed by atoms with E-state index >= 15 is 0 Å². The molecule has 0 spiro atoms. The first-order chi connectivity index (χ1) is 9.73. The molecule has 0 unspecified atom stereocenters. The summed E-state index contributed by atoms with van der Waals surface area (Å²) in [6.07, 6.45) is -4.32. The lowest BCUT2D eigenvalue weighted by Crippen LogP contribution is -2.17. The summed E-state index contributed by atoms with van der Waals surface area (Å²) < 4.78 is 44.3. The quantitative estimate of drug-likeness (QED) is 0.392. The van der Waals surface area contributed by atoms with Crippen LogP contribution >= 0.6 is 0 Å². The van der Waals surface area contributed by atoms with E-state index in [2.05, 4.69) is 9.47 Å². The lowest BCUT2D eigenvalue weighted by atomic mass is 10.1. The number of rotatable bonds is 5. The van der Waals surface area contributed by atoms with Crippen LogP contribution in [0.1, 0.15) is 12.5 Å². The fourth-order valence-electron chi connectivity index (χ4n) is 1.32. The van der Waals surface area contributed by atoms with E-state index in [1.807, 2.05) is 0 Å². The number of aliphatic hydroxyl groups excluding tert-OH is 1. The van der Waals surface area contributed by atoms with Gasteiger partial charge in [0.25, 0.3) is 5.78 Å². The van der Waals surface area contributed by atoms with E-state index in [0.717, 1.165) is 12.1 Å². The van der Waals surface area contributed by atoms with E-state index in [9.17, 15) is 27.9 Å². The Bertz CT molecular complexity index is 563. The molecule has 8 heteroatoms. The van der Waals surface area contributed by atoms with Crippen molar-refractivity contribution in [2.45, 2.75) is 13.3 Å². The average molecular weight is 304 g/mol. The fraction of sp³-hybridized carbons (Fsp3) is 0.231. The summed E-state index contributed by atoms with van der Waals surface area (Å²) in [6.45, 7) is 1.47. The summed E-state index contributed by atoms with van der Waals surface area (Å²) in [5.74, 6) is -3.55. The van der Waals surface area contributed by atoms with E-state index in [-0.39, 0.29) is 12.2 Å². The topological polar surface area (TPSA) is 72.8 Å². The maximum Gasteiger partial charge on any atom is 0.573 e. The van der Waals surface area contributed by atoms with E-state index in [0.29, 0.717) is 6.08 Å². The second kappa shape index (κ2) is 6.78. The fourth-order valence-corrected chi connectivity index (χ4v) is 1.32. The molecule has 0 heterocycles. The van der Waals surface area contributed by atoms with Crippen molar-refractivity contribution in [1.82, 2.24) is 0 Å². The smallest absolute Gasteiger partial charge is 0.507 e. The summed E-state index contributed by atoms with van der Waals surface area (Å²) in [5.41, 5.74) is -0.116. The van der Waals surface area contributed by atoms with Crippen molar-refractivity contribution in [3.63, 3.8) is 0 Å². The van der Waals surface area contributed by atoms with Gasteiger partial charge in [0, 0.05) is 11.6 Å². The van der Waals surface area contributed by atoms with Crippen LogP contribution in [0.3, 0.4) is 0 Å². The maximum absolute atomic E-state index is 12.1. The molecule has 0 bridgehead atoms. The number of benzene rings is 1. The third kappa shape index (κ3) is 5.55. The van der Waals surface area contributed by atoms with Crippen LogP contribution in [0.2, 0.25) is 0 Å².